The molecule has 1 saturated heterocycles. The average molecular weight is 196 g/mol. The monoisotopic (exact) mass is 196 g/mol. The van der Waals surface area contributed by atoms with Crippen LogP contribution in [0, 0.1) is 5.95 Å². The topological polar surface area (TPSA) is 34.1 Å². The van der Waals surface area contributed by atoms with Crippen LogP contribution in [0.2, 0.25) is 0 Å². The second-order valence-electron chi connectivity index (χ2n) is 3.46. The summed E-state index contributed by atoms with van der Waals surface area (Å²) in [5, 5.41) is 3.22. The number of nitrogens with one attached hydrogen (secondary N) is 1. The molecule has 1 aromatic rings. The Bertz CT molecular complexity index is 315. The molecule has 1 aliphatic heterocycles. The van der Waals surface area contributed by atoms with Crippen LogP contribution in [0.15, 0.2) is 18.3 Å². The van der Waals surface area contributed by atoms with Gasteiger partial charge in [-0.25, -0.2) is 4.98 Å². The molecule has 0 saturated carbocycles. The van der Waals surface area contributed by atoms with E-state index in [9.17, 15) is 4.39 Å². The number of halogens is 1. The summed E-state index contributed by atoms with van der Waals surface area (Å²) in [6.45, 7) is 2.96. The third kappa shape index (κ3) is 1.85. The highest BCUT2D eigenvalue weighted by molar-refractivity contribution is 5.18. The van der Waals surface area contributed by atoms with Gasteiger partial charge in [0, 0.05) is 12.2 Å². The van der Waals surface area contributed by atoms with E-state index < -0.39 is 5.95 Å². The Morgan fingerprint density at radius 3 is 3.07 bits per heavy atom. The first kappa shape index (κ1) is 9.40. The molecule has 4 heteroatoms. The minimum atomic E-state index is -0.543. The van der Waals surface area contributed by atoms with E-state index in [1.807, 2.05) is 6.92 Å². The molecule has 0 aliphatic carbocycles. The fourth-order valence-electron chi connectivity index (χ4n) is 1.45. The quantitative estimate of drug-likeness (QED) is 0.741. The van der Waals surface area contributed by atoms with Gasteiger partial charge in [-0.2, -0.15) is 4.39 Å². The van der Waals surface area contributed by atoms with Gasteiger partial charge in [-0.15, -0.1) is 0 Å². The van der Waals surface area contributed by atoms with Gasteiger partial charge in [0.25, 0.3) is 5.95 Å². The minimum absolute atomic E-state index is 0.0116. The third-order valence-corrected chi connectivity index (χ3v) is 2.47. The van der Waals surface area contributed by atoms with Crippen molar-refractivity contribution in [2.24, 2.45) is 0 Å². The molecule has 76 valence electrons. The molecule has 14 heavy (non-hydrogen) atoms. The van der Waals surface area contributed by atoms with E-state index in [-0.39, 0.29) is 11.9 Å². The van der Waals surface area contributed by atoms with Crippen molar-refractivity contribution in [3.8, 4) is 5.75 Å². The average Bonchev–Trinajstić information content (AvgIpc) is 2.05. The summed E-state index contributed by atoms with van der Waals surface area (Å²) in [4.78, 5) is 3.52. The Balaban J connectivity index is 1.99. The Hall–Kier alpha value is -1.16. The Morgan fingerprint density at radius 1 is 1.71 bits per heavy atom. The Labute approximate surface area is 82.3 Å². The van der Waals surface area contributed by atoms with Crippen LogP contribution in [0.4, 0.5) is 4.39 Å². The zero-order valence-electron chi connectivity index (χ0n) is 8.03. The summed E-state index contributed by atoms with van der Waals surface area (Å²) in [7, 11) is 0. The molecular formula is C10H13FN2O. The molecule has 0 bridgehead atoms. The van der Waals surface area contributed by atoms with Crippen molar-refractivity contribution in [3.05, 3.63) is 24.3 Å². The number of aromatic nitrogens is 1. The molecule has 1 fully saturated rings. The molecular weight excluding hydrogens is 183 g/mol. The molecule has 0 spiro atoms. The van der Waals surface area contributed by atoms with Gasteiger partial charge in [0.05, 0.1) is 0 Å². The fraction of sp³-hybridized carbons (Fsp3) is 0.500. The SMILES string of the molecule is CC(Oc1cccnc1F)C1CCN1. The first-order valence-electron chi connectivity index (χ1n) is 4.78. The lowest BCUT2D eigenvalue weighted by Gasteiger charge is -2.33. The highest BCUT2D eigenvalue weighted by Crippen LogP contribution is 2.18. The highest BCUT2D eigenvalue weighted by Gasteiger charge is 2.25. The molecule has 1 aliphatic rings. The van der Waals surface area contributed by atoms with Gasteiger partial charge in [-0.3, -0.25) is 0 Å². The van der Waals surface area contributed by atoms with E-state index in [4.69, 9.17) is 4.74 Å². The molecule has 2 unspecified atom stereocenters. The van der Waals surface area contributed by atoms with Crippen molar-refractivity contribution in [2.75, 3.05) is 6.54 Å². The number of nitrogens with zero attached hydrogens (tertiary/aromatic N) is 1. The van der Waals surface area contributed by atoms with E-state index in [1.165, 1.54) is 6.20 Å². The lowest BCUT2D eigenvalue weighted by atomic mass is 10.0. The van der Waals surface area contributed by atoms with E-state index in [0.29, 0.717) is 6.04 Å². The molecule has 0 aromatic carbocycles. The van der Waals surface area contributed by atoms with Gasteiger partial charge in [0.2, 0.25) is 0 Å². The maximum atomic E-state index is 13.1. The van der Waals surface area contributed by atoms with Gasteiger partial charge in [-0.05, 0) is 32.0 Å². The van der Waals surface area contributed by atoms with E-state index in [2.05, 4.69) is 10.3 Å². The van der Waals surface area contributed by atoms with Crippen LogP contribution in [-0.2, 0) is 0 Å². The van der Waals surface area contributed by atoms with Crippen molar-refractivity contribution in [2.45, 2.75) is 25.5 Å². The van der Waals surface area contributed by atoms with Gasteiger partial charge >= 0.3 is 0 Å². The van der Waals surface area contributed by atoms with Gasteiger partial charge in [0.15, 0.2) is 5.75 Å². The zero-order chi connectivity index (χ0) is 9.97. The number of rotatable bonds is 3. The van der Waals surface area contributed by atoms with Crippen LogP contribution in [0.1, 0.15) is 13.3 Å². The molecule has 2 heterocycles. The molecule has 2 atom stereocenters. The molecule has 0 amide bonds. The number of hydrogen-bond donors (Lipinski definition) is 1. The van der Waals surface area contributed by atoms with Gasteiger partial charge in [-0.1, -0.05) is 0 Å². The molecule has 0 radical (unpaired) electrons. The molecule has 1 N–H and O–H groups in total. The van der Waals surface area contributed by atoms with Crippen LogP contribution in [0.5, 0.6) is 5.75 Å². The number of ether oxygens (including phenoxy) is 1. The van der Waals surface area contributed by atoms with Crippen molar-refractivity contribution in [1.29, 1.82) is 0 Å². The standard InChI is InChI=1S/C10H13FN2O/c1-7(8-4-6-12-8)14-9-3-2-5-13-10(9)11/h2-3,5,7-8,12H,4,6H2,1H3. The minimum Gasteiger partial charge on any atom is -0.484 e. The summed E-state index contributed by atoms with van der Waals surface area (Å²) in [6, 6.07) is 3.60. The van der Waals surface area contributed by atoms with Crippen LogP contribution in [0.25, 0.3) is 0 Å². The van der Waals surface area contributed by atoms with Crippen molar-refractivity contribution >= 4 is 0 Å². The van der Waals surface area contributed by atoms with Crippen molar-refractivity contribution in [3.63, 3.8) is 0 Å². The Morgan fingerprint density at radius 2 is 2.50 bits per heavy atom. The predicted octanol–water partition coefficient (Wildman–Crippen LogP) is 1.35. The smallest absolute Gasteiger partial charge is 0.255 e. The third-order valence-electron chi connectivity index (χ3n) is 2.47. The van der Waals surface area contributed by atoms with E-state index in [0.717, 1.165) is 13.0 Å². The van der Waals surface area contributed by atoms with E-state index in [1.54, 1.807) is 12.1 Å². The lowest BCUT2D eigenvalue weighted by Crippen LogP contribution is -2.51. The summed E-state index contributed by atoms with van der Waals surface area (Å²) in [5.41, 5.74) is 0. The van der Waals surface area contributed by atoms with Crippen LogP contribution >= 0.6 is 0 Å². The van der Waals surface area contributed by atoms with Crippen LogP contribution in [0.3, 0.4) is 0 Å². The first-order chi connectivity index (χ1) is 6.77. The molecule has 1 aromatic heterocycles. The summed E-state index contributed by atoms with van der Waals surface area (Å²) < 4.78 is 18.5. The summed E-state index contributed by atoms with van der Waals surface area (Å²) in [5.74, 6) is -0.313. The Kier molecular flexibility index (Phi) is 2.63. The second kappa shape index (κ2) is 3.92. The zero-order valence-corrected chi connectivity index (χ0v) is 8.03. The summed E-state index contributed by atoms with van der Waals surface area (Å²) >= 11 is 0. The normalized spacial score (nSPS) is 22.6. The highest BCUT2D eigenvalue weighted by atomic mass is 19.1. The molecule has 2 rings (SSSR count). The van der Waals surface area contributed by atoms with Gasteiger partial charge < -0.3 is 10.1 Å². The predicted molar refractivity (Wildman–Crippen MR) is 50.7 cm³/mol. The van der Waals surface area contributed by atoms with Crippen LogP contribution < -0.4 is 10.1 Å². The fourth-order valence-corrected chi connectivity index (χ4v) is 1.45. The van der Waals surface area contributed by atoms with E-state index >= 15 is 0 Å². The second-order valence-corrected chi connectivity index (χ2v) is 3.46. The molecule has 3 nitrogen and oxygen atoms in total. The van der Waals surface area contributed by atoms with Crippen molar-refractivity contribution < 1.29 is 9.13 Å². The largest absolute Gasteiger partial charge is 0.484 e. The van der Waals surface area contributed by atoms with Gasteiger partial charge in [0.1, 0.15) is 6.10 Å². The number of pyridine rings is 1. The maximum Gasteiger partial charge on any atom is 0.255 e. The summed E-state index contributed by atoms with van der Waals surface area (Å²) in [6.07, 6.45) is 2.49. The maximum absolute atomic E-state index is 13.1. The number of hydrogen-bond acceptors (Lipinski definition) is 3. The van der Waals surface area contributed by atoms with Crippen LogP contribution in [-0.4, -0.2) is 23.7 Å². The lowest BCUT2D eigenvalue weighted by molar-refractivity contribution is 0.127. The first-order valence-corrected chi connectivity index (χ1v) is 4.78. The van der Waals surface area contributed by atoms with Crippen molar-refractivity contribution in [1.82, 2.24) is 10.3 Å².